The number of hydrogen-bond donors (Lipinski definition) is 1. The maximum atomic E-state index is 12.8. The highest BCUT2D eigenvalue weighted by Gasteiger charge is 2.36. The predicted molar refractivity (Wildman–Crippen MR) is 71.0 cm³/mol. The van der Waals surface area contributed by atoms with Crippen LogP contribution < -0.4 is 5.32 Å². The van der Waals surface area contributed by atoms with Gasteiger partial charge in [-0.1, -0.05) is 12.1 Å². The maximum Gasteiger partial charge on any atom is 0.390 e. The van der Waals surface area contributed by atoms with Crippen molar-refractivity contribution in [3.8, 4) is 0 Å². The van der Waals surface area contributed by atoms with E-state index in [4.69, 9.17) is 0 Å². The van der Waals surface area contributed by atoms with E-state index < -0.39 is 23.6 Å². The second-order valence-corrected chi connectivity index (χ2v) is 4.97. The van der Waals surface area contributed by atoms with E-state index in [0.717, 1.165) is 0 Å². The third kappa shape index (κ3) is 4.40. The minimum atomic E-state index is -4.32. The van der Waals surface area contributed by atoms with Crippen molar-refractivity contribution in [1.82, 2.24) is 10.2 Å². The number of hydrogen-bond acceptors (Lipinski definition) is 4. The molecule has 8 heteroatoms. The SMILES string of the molecule is O=[N+]([O-])c1cccc([C@H](CC(F)(F)F)N2CCNCC2)c1. The van der Waals surface area contributed by atoms with Crippen LogP contribution in [0.3, 0.4) is 0 Å². The largest absolute Gasteiger partial charge is 0.390 e. The second kappa shape index (κ2) is 6.40. The summed E-state index contributed by atoms with van der Waals surface area (Å²) in [4.78, 5) is 11.9. The van der Waals surface area contributed by atoms with Crippen LogP contribution in [0.1, 0.15) is 18.0 Å². The van der Waals surface area contributed by atoms with E-state index in [1.54, 1.807) is 4.90 Å². The molecule has 1 fully saturated rings. The number of nitro groups is 1. The lowest BCUT2D eigenvalue weighted by molar-refractivity contribution is -0.385. The minimum absolute atomic E-state index is 0.185. The van der Waals surface area contributed by atoms with E-state index in [1.165, 1.54) is 24.3 Å². The standard InChI is InChI=1S/C13H16F3N3O2/c14-13(15,16)9-12(18-6-4-17-5-7-18)10-2-1-3-11(8-10)19(20)21/h1-3,8,12,17H,4-7,9H2/t12-/m0/s1. The zero-order chi connectivity index (χ0) is 15.5. The van der Waals surface area contributed by atoms with Crippen LogP contribution in [0.4, 0.5) is 18.9 Å². The fourth-order valence-corrected chi connectivity index (χ4v) is 2.52. The summed E-state index contributed by atoms with van der Waals surface area (Å²) in [5.74, 6) is 0. The molecule has 0 spiro atoms. The van der Waals surface area contributed by atoms with Gasteiger partial charge >= 0.3 is 6.18 Å². The molecule has 0 amide bonds. The molecule has 0 aromatic heterocycles. The van der Waals surface area contributed by atoms with Gasteiger partial charge in [0.05, 0.1) is 11.3 Å². The summed E-state index contributed by atoms with van der Waals surface area (Å²) in [7, 11) is 0. The van der Waals surface area contributed by atoms with Crippen molar-refractivity contribution in [2.75, 3.05) is 26.2 Å². The van der Waals surface area contributed by atoms with Crippen LogP contribution in [0.5, 0.6) is 0 Å². The van der Waals surface area contributed by atoms with Crippen molar-refractivity contribution in [1.29, 1.82) is 0 Å². The zero-order valence-corrected chi connectivity index (χ0v) is 11.3. The van der Waals surface area contributed by atoms with E-state index in [-0.39, 0.29) is 5.69 Å². The Bertz CT molecular complexity index is 502. The lowest BCUT2D eigenvalue weighted by Gasteiger charge is -2.35. The summed E-state index contributed by atoms with van der Waals surface area (Å²) in [5.41, 5.74) is 0.151. The molecule has 0 unspecified atom stereocenters. The molecule has 1 saturated heterocycles. The van der Waals surface area contributed by atoms with Gasteiger partial charge in [0.25, 0.3) is 5.69 Å². The molecule has 1 aliphatic rings. The Balaban J connectivity index is 2.29. The smallest absolute Gasteiger partial charge is 0.314 e. The number of piperazine rings is 1. The number of nitro benzene ring substituents is 1. The first-order chi connectivity index (χ1) is 9.87. The molecule has 2 rings (SSSR count). The van der Waals surface area contributed by atoms with Crippen LogP contribution in [-0.2, 0) is 0 Å². The highest BCUT2D eigenvalue weighted by atomic mass is 19.4. The molecule has 1 aliphatic heterocycles. The molecule has 0 radical (unpaired) electrons. The fourth-order valence-electron chi connectivity index (χ4n) is 2.52. The molecule has 1 N–H and O–H groups in total. The number of nitrogens with zero attached hydrogens (tertiary/aromatic N) is 2. The van der Waals surface area contributed by atoms with Crippen molar-refractivity contribution >= 4 is 5.69 Å². The molecule has 0 aliphatic carbocycles. The van der Waals surface area contributed by atoms with Gasteiger partial charge < -0.3 is 5.32 Å². The van der Waals surface area contributed by atoms with Crippen molar-refractivity contribution in [3.63, 3.8) is 0 Å². The normalized spacial score (nSPS) is 18.4. The van der Waals surface area contributed by atoms with E-state index >= 15 is 0 Å². The molecule has 1 aromatic carbocycles. The molecule has 1 aromatic rings. The Morgan fingerprint density at radius 3 is 2.57 bits per heavy atom. The molecule has 1 heterocycles. The second-order valence-electron chi connectivity index (χ2n) is 4.97. The van der Waals surface area contributed by atoms with Crippen molar-refractivity contribution in [3.05, 3.63) is 39.9 Å². The van der Waals surface area contributed by atoms with Gasteiger partial charge in [-0.15, -0.1) is 0 Å². The minimum Gasteiger partial charge on any atom is -0.314 e. The van der Waals surface area contributed by atoms with E-state index in [9.17, 15) is 23.3 Å². The Morgan fingerprint density at radius 2 is 2.00 bits per heavy atom. The molecule has 0 saturated carbocycles. The average molecular weight is 303 g/mol. The summed E-state index contributed by atoms with van der Waals surface area (Å²) in [6.07, 6.45) is -5.33. The highest BCUT2D eigenvalue weighted by Crippen LogP contribution is 2.35. The predicted octanol–water partition coefficient (Wildman–Crippen LogP) is 2.49. The quantitative estimate of drug-likeness (QED) is 0.686. The Kier molecular flexibility index (Phi) is 4.79. The van der Waals surface area contributed by atoms with Gasteiger partial charge in [0, 0.05) is 44.4 Å². The van der Waals surface area contributed by atoms with Gasteiger partial charge in [-0.3, -0.25) is 15.0 Å². The lowest BCUT2D eigenvalue weighted by atomic mass is 10.0. The number of benzene rings is 1. The monoisotopic (exact) mass is 303 g/mol. The number of nitrogens with one attached hydrogen (secondary N) is 1. The third-order valence-corrected chi connectivity index (χ3v) is 3.48. The van der Waals surface area contributed by atoms with Gasteiger partial charge in [-0.2, -0.15) is 13.2 Å². The first-order valence-corrected chi connectivity index (χ1v) is 6.63. The van der Waals surface area contributed by atoms with Crippen LogP contribution in [0.2, 0.25) is 0 Å². The van der Waals surface area contributed by atoms with Crippen LogP contribution >= 0.6 is 0 Å². The molecule has 5 nitrogen and oxygen atoms in total. The number of alkyl halides is 3. The van der Waals surface area contributed by atoms with Gasteiger partial charge in [0.1, 0.15) is 0 Å². The van der Waals surface area contributed by atoms with Crippen LogP contribution in [0.15, 0.2) is 24.3 Å². The van der Waals surface area contributed by atoms with Gasteiger partial charge in [0.15, 0.2) is 0 Å². The lowest BCUT2D eigenvalue weighted by Crippen LogP contribution is -2.46. The van der Waals surface area contributed by atoms with Crippen LogP contribution in [0, 0.1) is 10.1 Å². The van der Waals surface area contributed by atoms with Crippen molar-refractivity contribution < 1.29 is 18.1 Å². The van der Waals surface area contributed by atoms with Gasteiger partial charge in [0.2, 0.25) is 0 Å². The molecule has 21 heavy (non-hydrogen) atoms. The maximum absolute atomic E-state index is 12.8. The molecule has 116 valence electrons. The first kappa shape index (κ1) is 15.7. The fraction of sp³-hybridized carbons (Fsp3) is 0.538. The number of non-ortho nitro benzene ring substituents is 1. The van der Waals surface area contributed by atoms with Crippen molar-refractivity contribution in [2.24, 2.45) is 0 Å². The number of halogens is 3. The molecule has 0 bridgehead atoms. The molecular formula is C13H16F3N3O2. The summed E-state index contributed by atoms with van der Waals surface area (Å²) in [6.45, 7) is 2.21. The Morgan fingerprint density at radius 1 is 1.33 bits per heavy atom. The molecular weight excluding hydrogens is 287 g/mol. The summed E-state index contributed by atoms with van der Waals surface area (Å²) >= 11 is 0. The zero-order valence-electron chi connectivity index (χ0n) is 11.3. The first-order valence-electron chi connectivity index (χ1n) is 6.63. The topological polar surface area (TPSA) is 58.4 Å². The van der Waals surface area contributed by atoms with Crippen LogP contribution in [0.25, 0.3) is 0 Å². The van der Waals surface area contributed by atoms with E-state index in [1.807, 2.05) is 0 Å². The summed E-state index contributed by atoms with van der Waals surface area (Å²) in [6, 6.07) is 4.58. The van der Waals surface area contributed by atoms with Gasteiger partial charge in [-0.25, -0.2) is 0 Å². The van der Waals surface area contributed by atoms with Crippen LogP contribution in [-0.4, -0.2) is 42.2 Å². The Labute approximate surface area is 119 Å². The highest BCUT2D eigenvalue weighted by molar-refractivity contribution is 5.36. The third-order valence-electron chi connectivity index (χ3n) is 3.48. The van der Waals surface area contributed by atoms with Gasteiger partial charge in [-0.05, 0) is 5.56 Å². The van der Waals surface area contributed by atoms with E-state index in [0.29, 0.717) is 31.7 Å². The Hall–Kier alpha value is -1.67. The molecule has 1 atom stereocenters. The summed E-state index contributed by atoms with van der Waals surface area (Å²) < 4.78 is 38.5. The summed E-state index contributed by atoms with van der Waals surface area (Å²) in [5, 5.41) is 13.9. The van der Waals surface area contributed by atoms with Crippen molar-refractivity contribution in [2.45, 2.75) is 18.6 Å². The number of rotatable bonds is 4. The van der Waals surface area contributed by atoms with E-state index in [2.05, 4.69) is 5.32 Å². The average Bonchev–Trinajstić information content (AvgIpc) is 2.45.